The zero-order valence-electron chi connectivity index (χ0n) is 12.6. The number of aromatic nitrogens is 2. The normalized spacial score (nSPS) is 17.9. The number of carbonyl (C=O) groups is 1. The van der Waals surface area contributed by atoms with E-state index in [-0.39, 0.29) is 17.9 Å². The molecule has 1 amide bonds. The van der Waals surface area contributed by atoms with Crippen molar-refractivity contribution in [2.75, 3.05) is 19.7 Å². The molecule has 0 spiro atoms. The number of piperidine rings is 1. The predicted molar refractivity (Wildman–Crippen MR) is 81.0 cm³/mol. The first-order valence-corrected chi connectivity index (χ1v) is 7.61. The van der Waals surface area contributed by atoms with Gasteiger partial charge in [0.05, 0.1) is 17.4 Å². The molecular weight excluding hydrogens is 285 g/mol. The first-order valence-electron chi connectivity index (χ1n) is 7.61. The minimum absolute atomic E-state index is 0.0830. The molecular formula is C16H20FN3O2. The largest absolute Gasteiger partial charge is 0.396 e. The molecule has 1 aromatic heterocycles. The molecule has 1 fully saturated rings. The molecule has 1 aliphatic rings. The monoisotopic (exact) mass is 305 g/mol. The topological polar surface area (TPSA) is 69.2 Å². The standard InChI is InChI=1S/C16H20FN3O2/c1-2-16(9-21)3-5-20(6-4-16)15(22)12-7-11(17)8-13-14(12)19-10-18-13/h7-8,10,21H,2-6,9H2,1H3,(H,18,19). The van der Waals surface area contributed by atoms with Gasteiger partial charge in [0.15, 0.2) is 0 Å². The highest BCUT2D eigenvalue weighted by molar-refractivity contribution is 6.04. The molecule has 0 saturated carbocycles. The second kappa shape index (κ2) is 5.68. The van der Waals surface area contributed by atoms with E-state index in [0.29, 0.717) is 29.7 Å². The summed E-state index contributed by atoms with van der Waals surface area (Å²) in [5, 5.41) is 9.57. The number of aliphatic hydroxyl groups is 1. The van der Waals surface area contributed by atoms with Crippen LogP contribution in [0.25, 0.3) is 11.0 Å². The van der Waals surface area contributed by atoms with Crippen LogP contribution in [0.2, 0.25) is 0 Å². The summed E-state index contributed by atoms with van der Waals surface area (Å²) in [6.45, 7) is 3.37. The number of hydrogen-bond acceptors (Lipinski definition) is 3. The molecule has 2 N–H and O–H groups in total. The number of carbonyl (C=O) groups excluding carboxylic acids is 1. The highest BCUT2D eigenvalue weighted by Gasteiger charge is 2.34. The Balaban J connectivity index is 1.84. The minimum Gasteiger partial charge on any atom is -0.396 e. The summed E-state index contributed by atoms with van der Waals surface area (Å²) in [6, 6.07) is 2.59. The first-order chi connectivity index (χ1) is 10.6. The van der Waals surface area contributed by atoms with E-state index >= 15 is 0 Å². The molecule has 2 aromatic rings. The average Bonchev–Trinajstić information content (AvgIpc) is 3.01. The van der Waals surface area contributed by atoms with Gasteiger partial charge < -0.3 is 15.0 Å². The van der Waals surface area contributed by atoms with Crippen LogP contribution in [0.5, 0.6) is 0 Å². The number of aliphatic hydroxyl groups excluding tert-OH is 1. The predicted octanol–water partition coefficient (Wildman–Crippen LogP) is 2.33. The zero-order valence-corrected chi connectivity index (χ0v) is 12.6. The van der Waals surface area contributed by atoms with Crippen LogP contribution >= 0.6 is 0 Å². The number of nitrogens with zero attached hydrogens (tertiary/aromatic N) is 2. The van der Waals surface area contributed by atoms with Crippen molar-refractivity contribution < 1.29 is 14.3 Å². The third kappa shape index (κ3) is 2.47. The van der Waals surface area contributed by atoms with Crippen LogP contribution in [0, 0.1) is 11.2 Å². The Bertz CT molecular complexity index is 684. The summed E-state index contributed by atoms with van der Waals surface area (Å²) in [6.07, 6.45) is 3.90. The van der Waals surface area contributed by atoms with Gasteiger partial charge in [0.2, 0.25) is 0 Å². The number of benzene rings is 1. The van der Waals surface area contributed by atoms with Crippen molar-refractivity contribution in [3.63, 3.8) is 0 Å². The average molecular weight is 305 g/mol. The number of likely N-dealkylation sites (tertiary alicyclic amines) is 1. The number of nitrogens with one attached hydrogen (secondary N) is 1. The Morgan fingerprint density at radius 2 is 2.18 bits per heavy atom. The van der Waals surface area contributed by atoms with Crippen LogP contribution in [0.4, 0.5) is 4.39 Å². The Morgan fingerprint density at radius 3 is 2.82 bits per heavy atom. The molecule has 1 aromatic carbocycles. The molecule has 0 atom stereocenters. The van der Waals surface area contributed by atoms with Gasteiger partial charge in [-0.3, -0.25) is 4.79 Å². The Hall–Kier alpha value is -1.95. The van der Waals surface area contributed by atoms with Crippen molar-refractivity contribution in [2.45, 2.75) is 26.2 Å². The lowest BCUT2D eigenvalue weighted by Gasteiger charge is -2.40. The minimum atomic E-state index is -0.449. The lowest BCUT2D eigenvalue weighted by atomic mass is 9.77. The third-order valence-electron chi connectivity index (χ3n) is 4.92. The molecule has 2 heterocycles. The fourth-order valence-electron chi connectivity index (χ4n) is 3.16. The van der Waals surface area contributed by atoms with Crippen molar-refractivity contribution in [1.82, 2.24) is 14.9 Å². The number of hydrogen-bond donors (Lipinski definition) is 2. The SMILES string of the molecule is CCC1(CO)CCN(C(=O)c2cc(F)cc3[nH]cnc23)CC1. The number of H-pyrrole nitrogens is 1. The Kier molecular flexibility index (Phi) is 3.87. The summed E-state index contributed by atoms with van der Waals surface area (Å²) >= 11 is 0. The van der Waals surface area contributed by atoms with Gasteiger partial charge in [-0.15, -0.1) is 0 Å². The molecule has 0 aliphatic carbocycles. The van der Waals surface area contributed by atoms with Gasteiger partial charge in [0, 0.05) is 19.7 Å². The lowest BCUT2D eigenvalue weighted by molar-refractivity contribution is 0.0339. The molecule has 3 rings (SSSR count). The van der Waals surface area contributed by atoms with E-state index in [9.17, 15) is 14.3 Å². The number of rotatable bonds is 3. The van der Waals surface area contributed by atoms with E-state index in [4.69, 9.17) is 0 Å². The van der Waals surface area contributed by atoms with Gasteiger partial charge in [-0.2, -0.15) is 0 Å². The fraction of sp³-hybridized carbons (Fsp3) is 0.500. The highest BCUT2D eigenvalue weighted by Crippen LogP contribution is 2.35. The quantitative estimate of drug-likeness (QED) is 0.914. The van der Waals surface area contributed by atoms with E-state index in [2.05, 4.69) is 16.9 Å². The van der Waals surface area contributed by atoms with Crippen LogP contribution in [-0.2, 0) is 0 Å². The van der Waals surface area contributed by atoms with Crippen molar-refractivity contribution in [3.05, 3.63) is 29.8 Å². The van der Waals surface area contributed by atoms with Gasteiger partial charge in [-0.05, 0) is 36.8 Å². The number of imidazole rings is 1. The van der Waals surface area contributed by atoms with Crippen LogP contribution in [0.15, 0.2) is 18.5 Å². The van der Waals surface area contributed by atoms with Crippen molar-refractivity contribution in [1.29, 1.82) is 0 Å². The maximum atomic E-state index is 13.7. The maximum Gasteiger partial charge on any atom is 0.256 e. The van der Waals surface area contributed by atoms with Gasteiger partial charge >= 0.3 is 0 Å². The molecule has 0 radical (unpaired) electrons. The van der Waals surface area contributed by atoms with Crippen molar-refractivity contribution in [3.8, 4) is 0 Å². The van der Waals surface area contributed by atoms with Gasteiger partial charge in [0.1, 0.15) is 11.3 Å². The number of amides is 1. The van der Waals surface area contributed by atoms with Crippen LogP contribution in [-0.4, -0.2) is 45.6 Å². The first kappa shape index (κ1) is 15.0. The molecule has 1 aliphatic heterocycles. The molecule has 118 valence electrons. The van der Waals surface area contributed by atoms with Crippen molar-refractivity contribution >= 4 is 16.9 Å². The zero-order chi connectivity index (χ0) is 15.7. The van der Waals surface area contributed by atoms with Crippen LogP contribution in [0.1, 0.15) is 36.5 Å². The summed E-state index contributed by atoms with van der Waals surface area (Å²) < 4.78 is 13.7. The highest BCUT2D eigenvalue weighted by atomic mass is 19.1. The van der Waals surface area contributed by atoms with E-state index in [1.807, 2.05) is 0 Å². The molecule has 6 heteroatoms. The molecule has 5 nitrogen and oxygen atoms in total. The van der Waals surface area contributed by atoms with Crippen LogP contribution < -0.4 is 0 Å². The van der Waals surface area contributed by atoms with E-state index in [0.717, 1.165) is 19.3 Å². The third-order valence-corrected chi connectivity index (χ3v) is 4.92. The number of fused-ring (bicyclic) bond motifs is 1. The Labute approximate surface area is 128 Å². The van der Waals surface area contributed by atoms with E-state index in [1.54, 1.807) is 4.90 Å². The summed E-state index contributed by atoms with van der Waals surface area (Å²) in [4.78, 5) is 21.4. The number of halogens is 1. The lowest BCUT2D eigenvalue weighted by Crippen LogP contribution is -2.44. The summed E-state index contributed by atoms with van der Waals surface area (Å²) in [5.41, 5.74) is 1.24. The molecule has 1 saturated heterocycles. The van der Waals surface area contributed by atoms with Gasteiger partial charge in [0.25, 0.3) is 5.91 Å². The van der Waals surface area contributed by atoms with E-state index < -0.39 is 5.82 Å². The van der Waals surface area contributed by atoms with E-state index in [1.165, 1.54) is 18.5 Å². The smallest absolute Gasteiger partial charge is 0.256 e. The fourth-order valence-corrected chi connectivity index (χ4v) is 3.16. The summed E-state index contributed by atoms with van der Waals surface area (Å²) in [5.74, 6) is -0.644. The van der Waals surface area contributed by atoms with Crippen LogP contribution in [0.3, 0.4) is 0 Å². The number of aromatic amines is 1. The molecule has 0 unspecified atom stereocenters. The molecule has 0 bridgehead atoms. The van der Waals surface area contributed by atoms with Gasteiger partial charge in [-0.1, -0.05) is 6.92 Å². The maximum absolute atomic E-state index is 13.7. The summed E-state index contributed by atoms with van der Waals surface area (Å²) in [7, 11) is 0. The second-order valence-corrected chi connectivity index (χ2v) is 6.06. The Morgan fingerprint density at radius 1 is 1.45 bits per heavy atom. The molecule has 22 heavy (non-hydrogen) atoms. The van der Waals surface area contributed by atoms with Crippen molar-refractivity contribution in [2.24, 2.45) is 5.41 Å². The van der Waals surface area contributed by atoms with Gasteiger partial charge in [-0.25, -0.2) is 9.37 Å². The second-order valence-electron chi connectivity index (χ2n) is 6.06.